The number of aromatic nitrogens is 1. The number of carbonyl (C=O) groups is 3. The lowest BCUT2D eigenvalue weighted by Crippen LogP contribution is -2.45. The van der Waals surface area contributed by atoms with Crippen LogP contribution in [0.4, 0.5) is 4.79 Å². The van der Waals surface area contributed by atoms with Crippen LogP contribution in [0.25, 0.3) is 0 Å². The molecule has 0 radical (unpaired) electrons. The number of ether oxygens (including phenoxy) is 2. The Labute approximate surface area is 159 Å². The summed E-state index contributed by atoms with van der Waals surface area (Å²) in [6.07, 6.45) is 2.22. The van der Waals surface area contributed by atoms with Gasteiger partial charge in [-0.15, -0.1) is 0 Å². The molecule has 0 unspecified atom stereocenters. The second-order valence-corrected chi connectivity index (χ2v) is 7.52. The molecule has 2 amide bonds. The van der Waals surface area contributed by atoms with E-state index in [9.17, 15) is 14.4 Å². The van der Waals surface area contributed by atoms with Crippen molar-refractivity contribution in [1.82, 2.24) is 15.2 Å². The molecule has 27 heavy (non-hydrogen) atoms. The van der Waals surface area contributed by atoms with E-state index in [0.717, 1.165) is 0 Å². The first-order valence-electron chi connectivity index (χ1n) is 9.03. The molecule has 1 aliphatic heterocycles. The Hall–Kier alpha value is -2.64. The first kappa shape index (κ1) is 20.7. The van der Waals surface area contributed by atoms with Crippen molar-refractivity contribution in [1.29, 1.82) is 0 Å². The van der Waals surface area contributed by atoms with E-state index < -0.39 is 17.7 Å². The van der Waals surface area contributed by atoms with Gasteiger partial charge in [-0.2, -0.15) is 0 Å². The molecule has 0 aliphatic carbocycles. The maximum Gasteiger partial charge on any atom is 0.415 e. The number of esters is 1. The van der Waals surface area contributed by atoms with Gasteiger partial charge in [0.25, 0.3) is 0 Å². The van der Waals surface area contributed by atoms with Crippen molar-refractivity contribution in [2.24, 2.45) is 5.92 Å². The number of carbonyl (C=O) groups excluding carboxylic acids is 3. The highest BCUT2D eigenvalue weighted by Crippen LogP contribution is 2.20. The summed E-state index contributed by atoms with van der Waals surface area (Å²) < 4.78 is 10.5. The standard InChI is InChI=1S/C19H27N3O5/c1-13-15(6-5-9-20-13)26-18(25)22-10-7-14(8-11-22)17(24)21-12-16(23)27-19(2,3)4/h5-6,9,14H,7-8,10-12H2,1-4H3,(H,21,24). The summed E-state index contributed by atoms with van der Waals surface area (Å²) in [5, 5.41) is 2.61. The number of rotatable bonds is 4. The number of piperidine rings is 1. The van der Waals surface area contributed by atoms with Crippen LogP contribution in [-0.2, 0) is 14.3 Å². The van der Waals surface area contributed by atoms with E-state index in [1.807, 2.05) is 0 Å². The second-order valence-electron chi connectivity index (χ2n) is 7.52. The van der Waals surface area contributed by atoms with E-state index >= 15 is 0 Å². The molecule has 0 bridgehead atoms. The molecule has 1 saturated heterocycles. The molecule has 1 fully saturated rings. The van der Waals surface area contributed by atoms with E-state index in [1.54, 1.807) is 50.9 Å². The lowest BCUT2D eigenvalue weighted by molar-refractivity contribution is -0.154. The first-order chi connectivity index (χ1) is 12.7. The van der Waals surface area contributed by atoms with Crippen LogP contribution in [0.1, 0.15) is 39.3 Å². The molecule has 148 valence electrons. The Kier molecular flexibility index (Phi) is 6.76. The maximum absolute atomic E-state index is 12.3. The zero-order valence-electron chi connectivity index (χ0n) is 16.3. The van der Waals surface area contributed by atoms with Crippen molar-refractivity contribution in [3.8, 4) is 5.75 Å². The smallest absolute Gasteiger partial charge is 0.415 e. The predicted molar refractivity (Wildman–Crippen MR) is 98.1 cm³/mol. The summed E-state index contributed by atoms with van der Waals surface area (Å²) in [7, 11) is 0. The van der Waals surface area contributed by atoms with Crippen LogP contribution in [0.3, 0.4) is 0 Å². The van der Waals surface area contributed by atoms with Crippen molar-refractivity contribution >= 4 is 18.0 Å². The average molecular weight is 377 g/mol. The number of nitrogens with zero attached hydrogens (tertiary/aromatic N) is 2. The fraction of sp³-hybridized carbons (Fsp3) is 0.579. The monoisotopic (exact) mass is 377 g/mol. The Morgan fingerprint density at radius 3 is 2.52 bits per heavy atom. The number of aryl methyl sites for hydroxylation is 1. The number of likely N-dealkylation sites (tertiary alicyclic amines) is 1. The average Bonchev–Trinajstić information content (AvgIpc) is 2.60. The molecule has 2 rings (SSSR count). The van der Waals surface area contributed by atoms with Crippen molar-refractivity contribution in [2.75, 3.05) is 19.6 Å². The van der Waals surface area contributed by atoms with Crippen LogP contribution in [0, 0.1) is 12.8 Å². The third-order valence-electron chi connectivity index (χ3n) is 4.11. The summed E-state index contributed by atoms with van der Waals surface area (Å²) in [5.41, 5.74) is 0.0578. The van der Waals surface area contributed by atoms with Gasteiger partial charge in [-0.1, -0.05) is 0 Å². The van der Waals surface area contributed by atoms with E-state index in [2.05, 4.69) is 10.3 Å². The van der Waals surface area contributed by atoms with Gasteiger partial charge in [0.15, 0.2) is 5.75 Å². The Morgan fingerprint density at radius 1 is 1.26 bits per heavy atom. The summed E-state index contributed by atoms with van der Waals surface area (Å²) in [6.45, 7) is 7.77. The number of amides is 2. The molecular formula is C19H27N3O5. The molecule has 0 saturated carbocycles. The van der Waals surface area contributed by atoms with Gasteiger partial charge < -0.3 is 19.7 Å². The molecule has 0 spiro atoms. The quantitative estimate of drug-likeness (QED) is 0.807. The van der Waals surface area contributed by atoms with Crippen LogP contribution in [0.15, 0.2) is 18.3 Å². The Balaban J connectivity index is 1.76. The van der Waals surface area contributed by atoms with Crippen molar-refractivity contribution < 1.29 is 23.9 Å². The summed E-state index contributed by atoms with van der Waals surface area (Å²) >= 11 is 0. The number of pyridine rings is 1. The highest BCUT2D eigenvalue weighted by atomic mass is 16.6. The third kappa shape index (κ3) is 6.54. The predicted octanol–water partition coefficient (Wildman–Crippen LogP) is 2.06. The molecule has 8 heteroatoms. The third-order valence-corrected chi connectivity index (χ3v) is 4.11. The Morgan fingerprint density at radius 2 is 1.93 bits per heavy atom. The second kappa shape index (κ2) is 8.83. The van der Waals surface area contributed by atoms with Gasteiger partial charge >= 0.3 is 12.1 Å². The topological polar surface area (TPSA) is 97.8 Å². The minimum absolute atomic E-state index is 0.154. The molecule has 0 aromatic carbocycles. The van der Waals surface area contributed by atoms with E-state index in [0.29, 0.717) is 37.4 Å². The molecular weight excluding hydrogens is 350 g/mol. The normalized spacial score (nSPS) is 15.2. The van der Waals surface area contributed by atoms with Crippen LogP contribution in [0.5, 0.6) is 5.75 Å². The van der Waals surface area contributed by atoms with Crippen LogP contribution in [0.2, 0.25) is 0 Å². The number of nitrogens with one attached hydrogen (secondary N) is 1. The number of hydrogen-bond donors (Lipinski definition) is 1. The van der Waals surface area contributed by atoms with Crippen molar-refractivity contribution in [3.05, 3.63) is 24.0 Å². The van der Waals surface area contributed by atoms with Gasteiger partial charge in [-0.05, 0) is 52.7 Å². The van der Waals surface area contributed by atoms with Gasteiger partial charge in [0, 0.05) is 25.2 Å². The SMILES string of the molecule is Cc1ncccc1OC(=O)N1CCC(C(=O)NCC(=O)OC(C)(C)C)CC1. The molecule has 1 aromatic heterocycles. The molecule has 2 heterocycles. The molecule has 1 aromatic rings. The summed E-state index contributed by atoms with van der Waals surface area (Å²) in [4.78, 5) is 41.8. The zero-order valence-corrected chi connectivity index (χ0v) is 16.3. The minimum atomic E-state index is -0.583. The van der Waals surface area contributed by atoms with E-state index in [-0.39, 0.29) is 18.4 Å². The number of hydrogen-bond acceptors (Lipinski definition) is 6. The van der Waals surface area contributed by atoms with Crippen LogP contribution >= 0.6 is 0 Å². The zero-order chi connectivity index (χ0) is 20.0. The lowest BCUT2D eigenvalue weighted by atomic mass is 9.96. The molecule has 1 aliphatic rings. The van der Waals surface area contributed by atoms with Crippen molar-refractivity contribution in [3.63, 3.8) is 0 Å². The maximum atomic E-state index is 12.3. The van der Waals surface area contributed by atoms with Gasteiger partial charge in [0.1, 0.15) is 12.1 Å². The largest absolute Gasteiger partial charge is 0.459 e. The molecule has 1 N–H and O–H groups in total. The van der Waals surface area contributed by atoms with Gasteiger partial charge in [-0.3, -0.25) is 14.6 Å². The summed E-state index contributed by atoms with van der Waals surface area (Å²) in [5.74, 6) is -0.475. The van der Waals surface area contributed by atoms with Crippen molar-refractivity contribution in [2.45, 2.75) is 46.1 Å². The van der Waals surface area contributed by atoms with E-state index in [1.165, 1.54) is 0 Å². The lowest BCUT2D eigenvalue weighted by Gasteiger charge is -2.30. The van der Waals surface area contributed by atoms with E-state index in [4.69, 9.17) is 9.47 Å². The fourth-order valence-electron chi connectivity index (χ4n) is 2.74. The van der Waals surface area contributed by atoms with Gasteiger partial charge in [0.2, 0.25) is 5.91 Å². The summed E-state index contributed by atoms with van der Waals surface area (Å²) in [6, 6.07) is 3.40. The highest BCUT2D eigenvalue weighted by Gasteiger charge is 2.29. The minimum Gasteiger partial charge on any atom is -0.459 e. The molecule has 8 nitrogen and oxygen atoms in total. The van der Waals surface area contributed by atoms with Gasteiger partial charge in [-0.25, -0.2) is 4.79 Å². The Bertz CT molecular complexity index is 691. The first-order valence-corrected chi connectivity index (χ1v) is 9.03. The highest BCUT2D eigenvalue weighted by molar-refractivity contribution is 5.84. The fourth-order valence-corrected chi connectivity index (χ4v) is 2.74. The van der Waals surface area contributed by atoms with Gasteiger partial charge in [0.05, 0.1) is 5.69 Å². The van der Waals surface area contributed by atoms with Crippen LogP contribution < -0.4 is 10.1 Å². The molecule has 0 atom stereocenters. The van der Waals surface area contributed by atoms with Crippen LogP contribution in [-0.4, -0.2) is 53.1 Å².